The Labute approximate surface area is 317 Å². The number of amidine groups is 1. The maximum absolute atomic E-state index is 9.14. The SMILES string of the molecule is CCc1nnc(Cc2cc(C)c3nc(CC)n(C)c3n2)o1.N=C(c1ccccc1-c1ccc2c(c1)CCCC2)N(N)C(c1ccccc1)c1ccccc1. The minimum Gasteiger partial charge on any atom is -0.425 e. The highest BCUT2D eigenvalue weighted by Crippen LogP contribution is 2.33. The molecular formula is C45H48N8O. The number of hydrazine groups is 1. The molecule has 1 aliphatic rings. The lowest BCUT2D eigenvalue weighted by Gasteiger charge is -2.31. The molecule has 3 N–H and O–H groups in total. The number of hydrogen-bond donors (Lipinski definition) is 2. The molecular weight excluding hydrogens is 669 g/mol. The predicted octanol–water partition coefficient (Wildman–Crippen LogP) is 8.90. The number of pyridine rings is 1. The number of nitrogens with two attached hydrogens (primary N) is 1. The third kappa shape index (κ3) is 7.72. The molecule has 274 valence electrons. The van der Waals surface area contributed by atoms with Crippen LogP contribution in [0.3, 0.4) is 0 Å². The van der Waals surface area contributed by atoms with E-state index in [2.05, 4.69) is 82.1 Å². The lowest BCUT2D eigenvalue weighted by atomic mass is 9.88. The summed E-state index contributed by atoms with van der Waals surface area (Å²) in [5, 5.41) is 18.8. The first-order valence-electron chi connectivity index (χ1n) is 18.9. The van der Waals surface area contributed by atoms with Gasteiger partial charge in [0.15, 0.2) is 5.65 Å². The lowest BCUT2D eigenvalue weighted by molar-refractivity contribution is 0.370. The third-order valence-corrected chi connectivity index (χ3v) is 10.2. The van der Waals surface area contributed by atoms with E-state index in [4.69, 9.17) is 20.7 Å². The van der Waals surface area contributed by atoms with Gasteiger partial charge in [-0.2, -0.15) is 0 Å². The second-order valence-electron chi connectivity index (χ2n) is 13.9. The maximum atomic E-state index is 9.14. The summed E-state index contributed by atoms with van der Waals surface area (Å²) in [6.07, 6.45) is 7.02. The largest absolute Gasteiger partial charge is 0.425 e. The van der Waals surface area contributed by atoms with Crippen molar-refractivity contribution < 1.29 is 4.42 Å². The molecule has 0 fully saturated rings. The zero-order valence-electron chi connectivity index (χ0n) is 31.6. The Morgan fingerprint density at radius 2 is 1.44 bits per heavy atom. The van der Waals surface area contributed by atoms with Crippen molar-refractivity contribution in [2.45, 2.75) is 71.8 Å². The van der Waals surface area contributed by atoms with Gasteiger partial charge in [-0.15, -0.1) is 10.2 Å². The Kier molecular flexibility index (Phi) is 11.1. The molecule has 0 aliphatic heterocycles. The summed E-state index contributed by atoms with van der Waals surface area (Å²) >= 11 is 0. The number of hydrogen-bond acceptors (Lipinski definition) is 7. The van der Waals surface area contributed by atoms with Gasteiger partial charge in [0.25, 0.3) is 0 Å². The Morgan fingerprint density at radius 3 is 2.11 bits per heavy atom. The molecule has 3 heterocycles. The minimum absolute atomic E-state index is 0.253. The van der Waals surface area contributed by atoms with Gasteiger partial charge in [0.05, 0.1) is 18.2 Å². The Bertz CT molecular complexity index is 2320. The molecule has 0 spiro atoms. The number of nitrogens with one attached hydrogen (secondary N) is 1. The van der Waals surface area contributed by atoms with Crippen molar-refractivity contribution in [2.24, 2.45) is 12.9 Å². The molecule has 9 heteroatoms. The zero-order valence-corrected chi connectivity index (χ0v) is 31.6. The van der Waals surface area contributed by atoms with E-state index in [1.54, 1.807) is 5.01 Å². The minimum atomic E-state index is -0.253. The second kappa shape index (κ2) is 16.4. The third-order valence-electron chi connectivity index (χ3n) is 10.2. The van der Waals surface area contributed by atoms with Gasteiger partial charge in [-0.25, -0.2) is 15.8 Å². The van der Waals surface area contributed by atoms with Crippen LogP contribution < -0.4 is 5.84 Å². The number of nitrogens with zero attached hydrogens (tertiary/aromatic N) is 6. The molecule has 0 saturated carbocycles. The van der Waals surface area contributed by atoms with Crippen molar-refractivity contribution >= 4 is 17.0 Å². The quantitative estimate of drug-likeness (QED) is 0.0662. The molecule has 1 aliphatic carbocycles. The molecule has 54 heavy (non-hydrogen) atoms. The molecule has 0 unspecified atom stereocenters. The van der Waals surface area contributed by atoms with Crippen LogP contribution in [0.15, 0.2) is 114 Å². The molecule has 4 aromatic carbocycles. The van der Waals surface area contributed by atoms with Crippen molar-refractivity contribution in [1.29, 1.82) is 5.41 Å². The van der Waals surface area contributed by atoms with Crippen molar-refractivity contribution in [2.75, 3.05) is 0 Å². The first kappa shape index (κ1) is 36.4. The summed E-state index contributed by atoms with van der Waals surface area (Å²) in [5.74, 6) is 9.35. The summed E-state index contributed by atoms with van der Waals surface area (Å²) < 4.78 is 7.61. The Morgan fingerprint density at radius 1 is 0.796 bits per heavy atom. The number of rotatable bonds is 9. The smallest absolute Gasteiger partial charge is 0.222 e. The van der Waals surface area contributed by atoms with E-state index in [0.717, 1.165) is 75.3 Å². The van der Waals surface area contributed by atoms with Crippen molar-refractivity contribution in [3.05, 3.63) is 166 Å². The average molecular weight is 717 g/mol. The summed E-state index contributed by atoms with van der Waals surface area (Å²) in [5.41, 5.74) is 12.0. The van der Waals surface area contributed by atoms with E-state index in [0.29, 0.717) is 24.0 Å². The molecule has 0 bridgehead atoms. The van der Waals surface area contributed by atoms with Gasteiger partial charge in [-0.1, -0.05) is 117 Å². The van der Waals surface area contributed by atoms with Gasteiger partial charge in [0.2, 0.25) is 11.8 Å². The van der Waals surface area contributed by atoms with E-state index in [-0.39, 0.29) is 6.04 Å². The van der Waals surface area contributed by atoms with Crippen molar-refractivity contribution in [3.63, 3.8) is 0 Å². The number of fused-ring (bicyclic) bond motifs is 2. The van der Waals surface area contributed by atoms with Crippen LogP contribution in [0.5, 0.6) is 0 Å². The van der Waals surface area contributed by atoms with Gasteiger partial charge in [-0.05, 0) is 77.6 Å². The Hall–Kier alpha value is -5.93. The molecule has 0 atom stereocenters. The van der Waals surface area contributed by atoms with Crippen LogP contribution >= 0.6 is 0 Å². The molecule has 0 radical (unpaired) electrons. The number of aromatic nitrogens is 5. The average Bonchev–Trinajstić information content (AvgIpc) is 3.82. The van der Waals surface area contributed by atoms with Crippen LogP contribution in [-0.4, -0.2) is 35.6 Å². The van der Waals surface area contributed by atoms with Gasteiger partial charge in [-0.3, -0.25) is 10.4 Å². The summed E-state index contributed by atoms with van der Waals surface area (Å²) in [7, 11) is 2.01. The van der Waals surface area contributed by atoms with E-state index in [1.807, 2.05) is 74.6 Å². The highest BCUT2D eigenvalue weighted by Gasteiger charge is 2.25. The van der Waals surface area contributed by atoms with E-state index in [1.165, 1.54) is 30.4 Å². The summed E-state index contributed by atoms with van der Waals surface area (Å²) in [4.78, 5) is 9.35. The highest BCUT2D eigenvalue weighted by atomic mass is 16.4. The van der Waals surface area contributed by atoms with Crippen molar-refractivity contribution in [1.82, 2.24) is 29.7 Å². The van der Waals surface area contributed by atoms with Crippen molar-refractivity contribution in [3.8, 4) is 11.1 Å². The van der Waals surface area contributed by atoms with Crippen LogP contribution in [0.1, 0.15) is 89.4 Å². The van der Waals surface area contributed by atoms with E-state index < -0.39 is 0 Å². The molecule has 8 rings (SSSR count). The first-order chi connectivity index (χ1) is 26.3. The Balaban J connectivity index is 0.000000184. The number of imidazole rings is 1. The molecule has 0 saturated heterocycles. The van der Waals surface area contributed by atoms with Gasteiger partial charge >= 0.3 is 0 Å². The molecule has 9 nitrogen and oxygen atoms in total. The fourth-order valence-electron chi connectivity index (χ4n) is 7.37. The topological polar surface area (TPSA) is 123 Å². The van der Waals surface area contributed by atoms with E-state index in [9.17, 15) is 0 Å². The number of aryl methyl sites for hydroxylation is 6. The molecule has 0 amide bonds. The summed E-state index contributed by atoms with van der Waals surface area (Å²) in [6, 6.07) is 37.1. The van der Waals surface area contributed by atoms with Gasteiger partial charge in [0.1, 0.15) is 17.2 Å². The molecule has 7 aromatic rings. The van der Waals surface area contributed by atoms with Crippen LogP contribution in [0.2, 0.25) is 0 Å². The standard InChI is InChI=1S/C30H29N3.C15H19N5O/c31-30(33(32)29(23-12-3-1-4-13-23)24-14-5-2-6-15-24)28-18-10-9-17-27(28)26-20-19-22-11-7-8-16-25(22)21-26;1-5-11-17-14-9(3)7-10(16-15(14)20(11)4)8-13-19-18-12(6-2)21-13/h1-6,9-10,12-15,17-21,29,31H,7-8,11,16,32H2;7H,5-6,8H2,1-4H3. The summed E-state index contributed by atoms with van der Waals surface area (Å²) in [6.45, 7) is 6.15. The van der Waals surface area contributed by atoms with Gasteiger partial charge in [0, 0.05) is 25.5 Å². The predicted molar refractivity (Wildman–Crippen MR) is 215 cm³/mol. The van der Waals surface area contributed by atoms with E-state index >= 15 is 0 Å². The fourth-order valence-corrected chi connectivity index (χ4v) is 7.37. The highest BCUT2D eigenvalue weighted by molar-refractivity contribution is 6.02. The maximum Gasteiger partial charge on any atom is 0.222 e. The second-order valence-corrected chi connectivity index (χ2v) is 13.9. The monoisotopic (exact) mass is 716 g/mol. The van der Waals surface area contributed by atoms with Crippen LogP contribution in [0.25, 0.3) is 22.3 Å². The fraction of sp³-hybridized carbons (Fsp3) is 0.267. The molecule has 3 aromatic heterocycles. The normalized spacial score (nSPS) is 12.3. The van der Waals surface area contributed by atoms with Crippen LogP contribution in [0.4, 0.5) is 0 Å². The number of benzene rings is 4. The zero-order chi connectivity index (χ0) is 37.6. The lowest BCUT2D eigenvalue weighted by Crippen LogP contribution is -2.41. The van der Waals surface area contributed by atoms with Gasteiger partial charge < -0.3 is 8.98 Å². The first-order valence-corrected chi connectivity index (χ1v) is 18.9. The van der Waals surface area contributed by atoms with Crippen LogP contribution in [0, 0.1) is 12.3 Å². The van der Waals surface area contributed by atoms with Crippen LogP contribution in [-0.2, 0) is 39.2 Å².